The quantitative estimate of drug-likeness (QED) is 0.600. The van der Waals surface area contributed by atoms with Crippen molar-refractivity contribution < 1.29 is 9.13 Å². The Hall–Kier alpha value is -1.44. The van der Waals surface area contributed by atoms with E-state index in [1.807, 2.05) is 6.92 Å². The summed E-state index contributed by atoms with van der Waals surface area (Å²) in [5.41, 5.74) is 0.467. The number of hydrogen-bond donors (Lipinski definition) is 1. The molecule has 0 amide bonds. The van der Waals surface area contributed by atoms with Gasteiger partial charge in [0.15, 0.2) is 0 Å². The van der Waals surface area contributed by atoms with Crippen molar-refractivity contribution in [2.45, 2.75) is 13.3 Å². The second kappa shape index (κ2) is 5.76. The summed E-state index contributed by atoms with van der Waals surface area (Å²) >= 11 is 0. The van der Waals surface area contributed by atoms with Gasteiger partial charge < -0.3 is 5.32 Å². The van der Waals surface area contributed by atoms with Crippen LogP contribution in [0.1, 0.15) is 12.6 Å². The highest BCUT2D eigenvalue weighted by Crippen LogP contribution is 2.27. The van der Waals surface area contributed by atoms with Crippen molar-refractivity contribution in [1.82, 2.24) is 9.78 Å². The van der Waals surface area contributed by atoms with E-state index in [2.05, 4.69) is 10.4 Å². The first-order chi connectivity index (χ1) is 7.97. The Bertz CT molecular complexity index is 444. The zero-order valence-corrected chi connectivity index (χ0v) is 10.9. The topological polar surface area (TPSA) is 90.1 Å². The van der Waals surface area contributed by atoms with Gasteiger partial charge in [-0.25, -0.2) is 4.68 Å². The van der Waals surface area contributed by atoms with Crippen LogP contribution in [0.2, 0.25) is 0 Å². The number of nitro groups is 1. The first-order valence-electron chi connectivity index (χ1n) is 5.21. The predicted octanol–water partition coefficient (Wildman–Crippen LogP) is 0.681. The van der Waals surface area contributed by atoms with E-state index in [4.69, 9.17) is 0 Å². The molecule has 96 valence electrons. The minimum atomic E-state index is -0.920. The summed E-state index contributed by atoms with van der Waals surface area (Å²) in [6.07, 6.45) is 2.10. The third-order valence-corrected chi connectivity index (χ3v) is 3.07. The third-order valence-electron chi connectivity index (χ3n) is 2.29. The smallest absolute Gasteiger partial charge is 0.333 e. The highest BCUT2D eigenvalue weighted by molar-refractivity contribution is 7.84. The Morgan fingerprint density at radius 3 is 2.71 bits per heavy atom. The molecular formula is C9H16N4O3S. The first kappa shape index (κ1) is 13.6. The Kier molecular flexibility index (Phi) is 4.62. The molecule has 1 heterocycles. The number of aryl methyl sites for hydroxylation is 2. The Morgan fingerprint density at radius 1 is 1.59 bits per heavy atom. The largest absolute Gasteiger partial charge is 0.364 e. The second-order valence-electron chi connectivity index (χ2n) is 3.58. The van der Waals surface area contributed by atoms with Crippen molar-refractivity contribution in [2.24, 2.45) is 7.05 Å². The highest BCUT2D eigenvalue weighted by Gasteiger charge is 2.25. The fraction of sp³-hybridized carbons (Fsp3) is 0.667. The van der Waals surface area contributed by atoms with Crippen LogP contribution < -0.4 is 5.32 Å². The summed E-state index contributed by atoms with van der Waals surface area (Å²) in [4.78, 5) is 10.5. The molecule has 1 aromatic heterocycles. The van der Waals surface area contributed by atoms with Crippen LogP contribution in [0, 0.1) is 10.1 Å². The molecular weight excluding hydrogens is 244 g/mol. The number of nitrogens with zero attached hydrogens (tertiary/aromatic N) is 3. The van der Waals surface area contributed by atoms with Gasteiger partial charge in [0.1, 0.15) is 5.69 Å². The summed E-state index contributed by atoms with van der Waals surface area (Å²) in [5.74, 6) is 0.821. The molecule has 0 saturated carbocycles. The van der Waals surface area contributed by atoms with E-state index in [0.29, 0.717) is 30.2 Å². The predicted molar refractivity (Wildman–Crippen MR) is 66.7 cm³/mol. The minimum absolute atomic E-state index is 0.0110. The van der Waals surface area contributed by atoms with Gasteiger partial charge in [-0.1, -0.05) is 6.92 Å². The number of anilines is 1. The molecule has 0 bridgehead atoms. The van der Waals surface area contributed by atoms with E-state index in [0.717, 1.165) is 0 Å². The average molecular weight is 260 g/mol. The molecule has 1 atom stereocenters. The van der Waals surface area contributed by atoms with Crippen LogP contribution >= 0.6 is 0 Å². The van der Waals surface area contributed by atoms with Gasteiger partial charge in [-0.15, -0.1) is 0 Å². The van der Waals surface area contributed by atoms with Gasteiger partial charge in [-0.05, 0) is 6.42 Å². The molecule has 0 saturated heterocycles. The van der Waals surface area contributed by atoms with Crippen LogP contribution in [0.4, 0.5) is 11.5 Å². The normalized spacial score (nSPS) is 12.4. The molecule has 1 rings (SSSR count). The van der Waals surface area contributed by atoms with Gasteiger partial charge in [0.2, 0.25) is 5.82 Å². The van der Waals surface area contributed by atoms with Crippen molar-refractivity contribution in [3.8, 4) is 0 Å². The lowest BCUT2D eigenvalue weighted by Crippen LogP contribution is -2.13. The number of hydrogen-bond acceptors (Lipinski definition) is 5. The van der Waals surface area contributed by atoms with Crippen molar-refractivity contribution in [3.63, 3.8) is 0 Å². The van der Waals surface area contributed by atoms with Crippen molar-refractivity contribution >= 4 is 22.3 Å². The molecule has 0 aliphatic carbocycles. The number of rotatable bonds is 6. The number of aromatic nitrogens is 2. The summed E-state index contributed by atoms with van der Waals surface area (Å²) in [6, 6.07) is 0. The molecule has 8 heteroatoms. The zero-order chi connectivity index (χ0) is 13.0. The van der Waals surface area contributed by atoms with E-state index >= 15 is 0 Å². The molecule has 0 spiro atoms. The lowest BCUT2D eigenvalue weighted by Gasteiger charge is -2.04. The Labute approximate surface area is 102 Å². The Balaban J connectivity index is 2.93. The molecule has 0 aromatic carbocycles. The molecule has 1 aromatic rings. The van der Waals surface area contributed by atoms with Crippen LogP contribution in [-0.4, -0.2) is 37.5 Å². The summed E-state index contributed by atoms with van der Waals surface area (Å²) < 4.78 is 12.4. The molecule has 7 nitrogen and oxygen atoms in total. The van der Waals surface area contributed by atoms with E-state index in [1.54, 1.807) is 13.3 Å². The van der Waals surface area contributed by atoms with Crippen LogP contribution in [0.15, 0.2) is 0 Å². The molecule has 17 heavy (non-hydrogen) atoms. The number of nitrogens with one attached hydrogen (secondary N) is 1. The van der Waals surface area contributed by atoms with Crippen molar-refractivity contribution in [1.29, 1.82) is 0 Å². The van der Waals surface area contributed by atoms with E-state index in [-0.39, 0.29) is 5.69 Å². The van der Waals surface area contributed by atoms with Gasteiger partial charge >= 0.3 is 5.69 Å². The standard InChI is InChI=1S/C9H16N4O3S/c1-4-7-8(13(14)15)9(12(2)11-7)10-5-6-17(3)16/h10H,4-6H2,1-3H3. The maximum atomic E-state index is 11.0. The van der Waals surface area contributed by atoms with Gasteiger partial charge in [0.25, 0.3) is 0 Å². The van der Waals surface area contributed by atoms with Gasteiger partial charge in [0.05, 0.1) is 4.92 Å². The molecule has 1 unspecified atom stereocenters. The Morgan fingerprint density at radius 2 is 2.24 bits per heavy atom. The van der Waals surface area contributed by atoms with Crippen LogP contribution in [0.5, 0.6) is 0 Å². The van der Waals surface area contributed by atoms with Crippen LogP contribution in [0.3, 0.4) is 0 Å². The lowest BCUT2D eigenvalue weighted by molar-refractivity contribution is -0.384. The minimum Gasteiger partial charge on any atom is -0.364 e. The summed E-state index contributed by atoms with van der Waals surface area (Å²) in [7, 11) is 0.730. The van der Waals surface area contributed by atoms with Crippen LogP contribution in [0.25, 0.3) is 0 Å². The fourth-order valence-electron chi connectivity index (χ4n) is 1.51. The molecule has 1 N–H and O–H groups in total. The van der Waals surface area contributed by atoms with Gasteiger partial charge in [0, 0.05) is 36.4 Å². The first-order valence-corrected chi connectivity index (χ1v) is 6.94. The van der Waals surface area contributed by atoms with Gasteiger partial charge in [-0.3, -0.25) is 14.3 Å². The fourth-order valence-corrected chi connectivity index (χ4v) is 1.90. The van der Waals surface area contributed by atoms with Crippen molar-refractivity contribution in [2.75, 3.05) is 23.9 Å². The van der Waals surface area contributed by atoms with Gasteiger partial charge in [-0.2, -0.15) is 5.10 Å². The molecule has 0 radical (unpaired) electrons. The highest BCUT2D eigenvalue weighted by atomic mass is 32.2. The zero-order valence-electron chi connectivity index (χ0n) is 10.1. The van der Waals surface area contributed by atoms with E-state index in [1.165, 1.54) is 4.68 Å². The van der Waals surface area contributed by atoms with E-state index in [9.17, 15) is 14.3 Å². The maximum Gasteiger partial charge on any atom is 0.333 e. The summed E-state index contributed by atoms with van der Waals surface area (Å²) in [6.45, 7) is 2.24. The third kappa shape index (κ3) is 3.26. The SMILES string of the molecule is CCc1nn(C)c(NCCS(C)=O)c1[N+](=O)[O-]. The lowest BCUT2D eigenvalue weighted by atomic mass is 10.3. The maximum absolute atomic E-state index is 11.0. The molecule has 0 aliphatic rings. The molecule has 0 fully saturated rings. The second-order valence-corrected chi connectivity index (χ2v) is 5.14. The van der Waals surface area contributed by atoms with Crippen molar-refractivity contribution in [3.05, 3.63) is 15.8 Å². The molecule has 0 aliphatic heterocycles. The average Bonchev–Trinajstić information content (AvgIpc) is 2.55. The summed E-state index contributed by atoms with van der Waals surface area (Å²) in [5, 5.41) is 18.0. The monoisotopic (exact) mass is 260 g/mol. The van der Waals surface area contributed by atoms with Crippen LogP contribution in [-0.2, 0) is 24.3 Å². The van der Waals surface area contributed by atoms with E-state index < -0.39 is 15.7 Å².